The molecule has 0 saturated carbocycles. The molecule has 2 aromatic rings. The normalized spacial score (nSPS) is 9.86. The Morgan fingerprint density at radius 1 is 1.14 bits per heavy atom. The number of ether oxygens (including phenoxy) is 3. The average molecular weight is 298 g/mol. The Hall–Kier alpha value is -2.75. The third kappa shape index (κ3) is 4.38. The number of rotatable bonds is 7. The van der Waals surface area contributed by atoms with Crippen molar-refractivity contribution in [1.82, 2.24) is 0 Å². The van der Waals surface area contributed by atoms with E-state index >= 15 is 0 Å². The fourth-order valence-electron chi connectivity index (χ4n) is 1.85. The molecule has 4 nitrogen and oxygen atoms in total. The quantitative estimate of drug-likeness (QED) is 0.734. The standard InChI is InChI=1S/C18H18O4/c1-3-14-9-10-16(17(11-14)20-2)21-13-18(19)22-12-15-7-5-4-6-8-15/h3-11H,1,12-13H2,2H3. The van der Waals surface area contributed by atoms with Gasteiger partial charge < -0.3 is 14.2 Å². The Balaban J connectivity index is 1.87. The van der Waals surface area contributed by atoms with Gasteiger partial charge in [0.05, 0.1) is 7.11 Å². The molecule has 0 aliphatic rings. The summed E-state index contributed by atoms with van der Waals surface area (Å²) < 4.78 is 15.8. The van der Waals surface area contributed by atoms with Gasteiger partial charge in [0, 0.05) is 0 Å². The molecule has 0 fully saturated rings. The van der Waals surface area contributed by atoms with Gasteiger partial charge >= 0.3 is 5.97 Å². The van der Waals surface area contributed by atoms with Gasteiger partial charge in [-0.25, -0.2) is 4.79 Å². The highest BCUT2D eigenvalue weighted by Crippen LogP contribution is 2.28. The topological polar surface area (TPSA) is 44.8 Å². The maximum atomic E-state index is 11.7. The first kappa shape index (κ1) is 15.6. The smallest absolute Gasteiger partial charge is 0.344 e. The van der Waals surface area contributed by atoms with Crippen LogP contribution in [0, 0.1) is 0 Å². The highest BCUT2D eigenvalue weighted by atomic mass is 16.6. The van der Waals surface area contributed by atoms with Crippen molar-refractivity contribution in [1.29, 1.82) is 0 Å². The summed E-state index contributed by atoms with van der Waals surface area (Å²) in [7, 11) is 1.54. The van der Waals surface area contributed by atoms with Crippen LogP contribution in [0.15, 0.2) is 55.1 Å². The zero-order valence-electron chi connectivity index (χ0n) is 12.5. The lowest BCUT2D eigenvalue weighted by atomic mass is 10.2. The van der Waals surface area contributed by atoms with Gasteiger partial charge in [0.15, 0.2) is 18.1 Å². The fourth-order valence-corrected chi connectivity index (χ4v) is 1.85. The van der Waals surface area contributed by atoms with Gasteiger partial charge in [-0.2, -0.15) is 0 Å². The van der Waals surface area contributed by atoms with E-state index in [1.807, 2.05) is 36.4 Å². The first-order valence-electron chi connectivity index (χ1n) is 6.85. The van der Waals surface area contributed by atoms with E-state index in [0.29, 0.717) is 11.5 Å². The second kappa shape index (κ2) is 7.88. The number of methoxy groups -OCH3 is 1. The number of hydrogen-bond donors (Lipinski definition) is 0. The van der Waals surface area contributed by atoms with Crippen LogP contribution in [-0.4, -0.2) is 19.7 Å². The Labute approximate surface area is 129 Å². The molecule has 4 heteroatoms. The molecule has 0 aliphatic carbocycles. The summed E-state index contributed by atoms with van der Waals surface area (Å²) in [5, 5.41) is 0. The summed E-state index contributed by atoms with van der Waals surface area (Å²) in [6, 6.07) is 14.8. The fraction of sp³-hybridized carbons (Fsp3) is 0.167. The van der Waals surface area contributed by atoms with Crippen molar-refractivity contribution in [3.8, 4) is 11.5 Å². The third-order valence-corrected chi connectivity index (χ3v) is 3.01. The molecule has 22 heavy (non-hydrogen) atoms. The molecule has 0 spiro atoms. The maximum Gasteiger partial charge on any atom is 0.344 e. The van der Waals surface area contributed by atoms with Gasteiger partial charge in [0.25, 0.3) is 0 Å². The first-order chi connectivity index (χ1) is 10.7. The van der Waals surface area contributed by atoms with E-state index in [-0.39, 0.29) is 13.2 Å². The van der Waals surface area contributed by atoms with Crippen LogP contribution < -0.4 is 9.47 Å². The minimum Gasteiger partial charge on any atom is -0.493 e. The Bertz CT molecular complexity index is 635. The van der Waals surface area contributed by atoms with E-state index in [0.717, 1.165) is 11.1 Å². The van der Waals surface area contributed by atoms with Crippen molar-refractivity contribution in [2.75, 3.05) is 13.7 Å². The molecule has 0 heterocycles. The monoisotopic (exact) mass is 298 g/mol. The van der Waals surface area contributed by atoms with E-state index < -0.39 is 5.97 Å². The predicted octanol–water partition coefficient (Wildman–Crippen LogP) is 3.46. The van der Waals surface area contributed by atoms with Crippen LogP contribution in [0.1, 0.15) is 11.1 Å². The van der Waals surface area contributed by atoms with Crippen LogP contribution in [0.2, 0.25) is 0 Å². The van der Waals surface area contributed by atoms with Crippen LogP contribution in [0.5, 0.6) is 11.5 Å². The SMILES string of the molecule is C=Cc1ccc(OCC(=O)OCc2ccccc2)c(OC)c1. The van der Waals surface area contributed by atoms with Crippen molar-refractivity contribution < 1.29 is 19.0 Å². The van der Waals surface area contributed by atoms with Crippen molar-refractivity contribution in [2.45, 2.75) is 6.61 Å². The molecule has 0 radical (unpaired) electrons. The summed E-state index contributed by atoms with van der Waals surface area (Å²) in [5.74, 6) is 0.608. The lowest BCUT2D eigenvalue weighted by molar-refractivity contribution is -0.147. The lowest BCUT2D eigenvalue weighted by Crippen LogP contribution is -2.15. The Morgan fingerprint density at radius 2 is 1.91 bits per heavy atom. The zero-order valence-corrected chi connectivity index (χ0v) is 12.5. The molecule has 0 aliphatic heterocycles. The predicted molar refractivity (Wildman–Crippen MR) is 84.8 cm³/mol. The molecule has 2 rings (SSSR count). The first-order valence-corrected chi connectivity index (χ1v) is 6.85. The van der Waals surface area contributed by atoms with E-state index in [1.165, 1.54) is 0 Å². The number of benzene rings is 2. The largest absolute Gasteiger partial charge is 0.493 e. The highest BCUT2D eigenvalue weighted by molar-refractivity contribution is 5.71. The second-order valence-corrected chi connectivity index (χ2v) is 4.55. The molecule has 2 aromatic carbocycles. The van der Waals surface area contributed by atoms with E-state index in [1.54, 1.807) is 25.3 Å². The van der Waals surface area contributed by atoms with Crippen LogP contribution in [-0.2, 0) is 16.1 Å². The average Bonchev–Trinajstić information content (AvgIpc) is 2.58. The van der Waals surface area contributed by atoms with Gasteiger partial charge in [-0.1, -0.05) is 49.1 Å². The molecular formula is C18H18O4. The summed E-state index contributed by atoms with van der Waals surface area (Å²) in [6.07, 6.45) is 1.71. The Kier molecular flexibility index (Phi) is 5.60. The number of esters is 1. The van der Waals surface area contributed by atoms with E-state index in [4.69, 9.17) is 14.2 Å². The number of hydrogen-bond acceptors (Lipinski definition) is 4. The van der Waals surface area contributed by atoms with Gasteiger partial charge in [-0.05, 0) is 23.3 Å². The van der Waals surface area contributed by atoms with E-state index in [2.05, 4.69) is 6.58 Å². The van der Waals surface area contributed by atoms with Gasteiger partial charge in [-0.3, -0.25) is 0 Å². The molecule has 0 N–H and O–H groups in total. The summed E-state index contributed by atoms with van der Waals surface area (Å²) in [4.78, 5) is 11.7. The van der Waals surface area contributed by atoms with Crippen molar-refractivity contribution in [3.05, 3.63) is 66.2 Å². The van der Waals surface area contributed by atoms with Gasteiger partial charge in [-0.15, -0.1) is 0 Å². The highest BCUT2D eigenvalue weighted by Gasteiger charge is 2.09. The molecule has 0 amide bonds. The number of carbonyl (C=O) groups excluding carboxylic acids is 1. The van der Waals surface area contributed by atoms with Crippen LogP contribution in [0.3, 0.4) is 0 Å². The van der Waals surface area contributed by atoms with Crippen molar-refractivity contribution >= 4 is 12.0 Å². The summed E-state index contributed by atoms with van der Waals surface area (Å²) in [6.45, 7) is 3.75. The van der Waals surface area contributed by atoms with Crippen LogP contribution >= 0.6 is 0 Å². The zero-order chi connectivity index (χ0) is 15.8. The molecule has 0 aromatic heterocycles. The molecule has 0 unspecified atom stereocenters. The lowest BCUT2D eigenvalue weighted by Gasteiger charge is -2.11. The second-order valence-electron chi connectivity index (χ2n) is 4.55. The number of carbonyl (C=O) groups is 1. The van der Waals surface area contributed by atoms with Crippen molar-refractivity contribution in [2.24, 2.45) is 0 Å². The molecule has 0 atom stereocenters. The van der Waals surface area contributed by atoms with Crippen LogP contribution in [0.25, 0.3) is 6.08 Å². The summed E-state index contributed by atoms with van der Waals surface area (Å²) >= 11 is 0. The van der Waals surface area contributed by atoms with E-state index in [9.17, 15) is 4.79 Å². The molecule has 0 bridgehead atoms. The molecule has 0 saturated heterocycles. The van der Waals surface area contributed by atoms with Crippen LogP contribution in [0.4, 0.5) is 0 Å². The minimum atomic E-state index is -0.432. The van der Waals surface area contributed by atoms with Gasteiger partial charge in [0.1, 0.15) is 6.61 Å². The molecule has 114 valence electrons. The van der Waals surface area contributed by atoms with Crippen molar-refractivity contribution in [3.63, 3.8) is 0 Å². The third-order valence-electron chi connectivity index (χ3n) is 3.01. The molecular weight excluding hydrogens is 280 g/mol. The van der Waals surface area contributed by atoms with Gasteiger partial charge in [0.2, 0.25) is 0 Å². The Morgan fingerprint density at radius 3 is 2.59 bits per heavy atom. The maximum absolute atomic E-state index is 11.7. The summed E-state index contributed by atoms with van der Waals surface area (Å²) in [5.41, 5.74) is 1.85. The minimum absolute atomic E-state index is 0.170.